The molecule has 0 spiro atoms. The summed E-state index contributed by atoms with van der Waals surface area (Å²) in [5.74, 6) is -0.144. The lowest BCUT2D eigenvalue weighted by Crippen LogP contribution is -2.28. The minimum atomic E-state index is -0.144. The van der Waals surface area contributed by atoms with Crippen LogP contribution >= 0.6 is 0 Å². The van der Waals surface area contributed by atoms with Gasteiger partial charge in [0.1, 0.15) is 0 Å². The van der Waals surface area contributed by atoms with Crippen molar-refractivity contribution in [1.29, 1.82) is 0 Å². The van der Waals surface area contributed by atoms with Gasteiger partial charge in [-0.2, -0.15) is 5.10 Å². The van der Waals surface area contributed by atoms with E-state index in [4.69, 9.17) is 9.47 Å². The first-order chi connectivity index (χ1) is 12.0. The summed E-state index contributed by atoms with van der Waals surface area (Å²) in [5.41, 5.74) is 3.53. The predicted octanol–water partition coefficient (Wildman–Crippen LogP) is 1.82. The summed E-state index contributed by atoms with van der Waals surface area (Å²) in [6.07, 6.45) is 2.64. The summed E-state index contributed by atoms with van der Waals surface area (Å²) in [6, 6.07) is 3.95. The SMILES string of the molecule is COCCn1nc(C(=O)NCc2cccn2C)c2c1[C@H](C)O[C@H](C)C2. The summed E-state index contributed by atoms with van der Waals surface area (Å²) in [7, 11) is 3.62. The molecule has 1 amide bonds. The molecule has 0 aliphatic carbocycles. The fourth-order valence-electron chi connectivity index (χ4n) is 3.38. The van der Waals surface area contributed by atoms with Crippen LogP contribution < -0.4 is 5.32 Å². The minimum Gasteiger partial charge on any atom is -0.383 e. The highest BCUT2D eigenvalue weighted by Crippen LogP contribution is 2.32. The molecule has 3 heterocycles. The largest absolute Gasteiger partial charge is 0.383 e. The molecule has 0 bridgehead atoms. The van der Waals surface area contributed by atoms with Crippen LogP contribution in [0.4, 0.5) is 0 Å². The number of ether oxygens (including phenoxy) is 2. The maximum atomic E-state index is 12.8. The molecule has 1 aliphatic rings. The molecular formula is C18H26N4O3. The number of carbonyl (C=O) groups excluding carboxylic acids is 1. The lowest BCUT2D eigenvalue weighted by molar-refractivity contribution is -0.0101. The molecule has 0 saturated carbocycles. The number of fused-ring (bicyclic) bond motifs is 1. The molecule has 1 N–H and O–H groups in total. The van der Waals surface area contributed by atoms with Gasteiger partial charge >= 0.3 is 0 Å². The van der Waals surface area contributed by atoms with Gasteiger partial charge in [0.15, 0.2) is 5.69 Å². The lowest BCUT2D eigenvalue weighted by Gasteiger charge is -2.27. The highest BCUT2D eigenvalue weighted by molar-refractivity contribution is 5.94. The maximum Gasteiger partial charge on any atom is 0.272 e. The van der Waals surface area contributed by atoms with E-state index in [9.17, 15) is 4.79 Å². The van der Waals surface area contributed by atoms with E-state index < -0.39 is 0 Å². The number of amides is 1. The molecule has 0 unspecified atom stereocenters. The van der Waals surface area contributed by atoms with E-state index in [0.717, 1.165) is 17.0 Å². The Bertz CT molecular complexity index is 750. The molecule has 2 aromatic heterocycles. The van der Waals surface area contributed by atoms with E-state index in [2.05, 4.69) is 10.4 Å². The van der Waals surface area contributed by atoms with Crippen LogP contribution in [0.2, 0.25) is 0 Å². The summed E-state index contributed by atoms with van der Waals surface area (Å²) >= 11 is 0. The van der Waals surface area contributed by atoms with Gasteiger partial charge in [-0.25, -0.2) is 0 Å². The van der Waals surface area contributed by atoms with Gasteiger partial charge in [0, 0.05) is 38.0 Å². The lowest BCUT2D eigenvalue weighted by atomic mass is 9.99. The molecule has 0 fully saturated rings. The zero-order valence-corrected chi connectivity index (χ0v) is 15.3. The van der Waals surface area contributed by atoms with Gasteiger partial charge in [-0.15, -0.1) is 0 Å². The van der Waals surface area contributed by atoms with Gasteiger partial charge in [-0.05, 0) is 26.0 Å². The van der Waals surface area contributed by atoms with Crippen LogP contribution in [0, 0.1) is 0 Å². The summed E-state index contributed by atoms with van der Waals surface area (Å²) in [5, 5.41) is 7.56. The first-order valence-corrected chi connectivity index (χ1v) is 8.63. The van der Waals surface area contributed by atoms with Crippen molar-refractivity contribution in [2.24, 2.45) is 7.05 Å². The number of carbonyl (C=O) groups is 1. The van der Waals surface area contributed by atoms with E-state index in [0.29, 0.717) is 31.8 Å². The predicted molar refractivity (Wildman–Crippen MR) is 93.4 cm³/mol. The number of nitrogens with zero attached hydrogens (tertiary/aromatic N) is 3. The number of nitrogens with one attached hydrogen (secondary N) is 1. The molecule has 0 aromatic carbocycles. The van der Waals surface area contributed by atoms with Crippen molar-refractivity contribution in [3.63, 3.8) is 0 Å². The van der Waals surface area contributed by atoms with Crippen molar-refractivity contribution in [2.45, 2.75) is 45.6 Å². The number of rotatable bonds is 6. The van der Waals surface area contributed by atoms with Crippen LogP contribution in [0.25, 0.3) is 0 Å². The van der Waals surface area contributed by atoms with E-state index in [-0.39, 0.29) is 18.1 Å². The minimum absolute atomic E-state index is 0.0713. The summed E-state index contributed by atoms with van der Waals surface area (Å²) in [6.45, 7) is 5.65. The fourth-order valence-corrected chi connectivity index (χ4v) is 3.38. The van der Waals surface area contributed by atoms with Crippen molar-refractivity contribution in [2.75, 3.05) is 13.7 Å². The normalized spacial score (nSPS) is 19.7. The van der Waals surface area contributed by atoms with Crippen molar-refractivity contribution in [3.05, 3.63) is 41.0 Å². The third-order valence-electron chi connectivity index (χ3n) is 4.61. The second kappa shape index (κ2) is 7.41. The highest BCUT2D eigenvalue weighted by atomic mass is 16.5. The molecule has 2 atom stereocenters. The monoisotopic (exact) mass is 346 g/mol. The van der Waals surface area contributed by atoms with Crippen molar-refractivity contribution in [1.82, 2.24) is 19.7 Å². The summed E-state index contributed by atoms with van der Waals surface area (Å²) < 4.78 is 14.9. The summed E-state index contributed by atoms with van der Waals surface area (Å²) in [4.78, 5) is 12.8. The smallest absolute Gasteiger partial charge is 0.272 e. The molecule has 0 radical (unpaired) electrons. The molecule has 1 aliphatic heterocycles. The number of aromatic nitrogens is 3. The van der Waals surface area contributed by atoms with Crippen LogP contribution in [0.3, 0.4) is 0 Å². The number of hydrogen-bond donors (Lipinski definition) is 1. The molecule has 25 heavy (non-hydrogen) atoms. The Kier molecular flexibility index (Phi) is 5.24. The van der Waals surface area contributed by atoms with E-state index in [1.54, 1.807) is 7.11 Å². The van der Waals surface area contributed by atoms with E-state index >= 15 is 0 Å². The molecule has 7 nitrogen and oxygen atoms in total. The van der Waals surface area contributed by atoms with Gasteiger partial charge in [0.2, 0.25) is 0 Å². The molecule has 2 aromatic rings. The molecule has 7 heteroatoms. The molecule has 3 rings (SSSR count). The van der Waals surface area contributed by atoms with Crippen LogP contribution in [0.1, 0.15) is 47.4 Å². The highest BCUT2D eigenvalue weighted by Gasteiger charge is 2.32. The van der Waals surface area contributed by atoms with Crippen molar-refractivity contribution >= 4 is 5.91 Å². The van der Waals surface area contributed by atoms with Gasteiger partial charge in [-0.3, -0.25) is 9.48 Å². The number of hydrogen-bond acceptors (Lipinski definition) is 4. The average molecular weight is 346 g/mol. The van der Waals surface area contributed by atoms with Crippen LogP contribution in [-0.2, 0) is 36.0 Å². The zero-order valence-electron chi connectivity index (χ0n) is 15.3. The van der Waals surface area contributed by atoms with Crippen LogP contribution in [0.5, 0.6) is 0 Å². The number of methoxy groups -OCH3 is 1. The van der Waals surface area contributed by atoms with Gasteiger partial charge in [0.25, 0.3) is 5.91 Å². The Balaban J connectivity index is 1.84. The second-order valence-electron chi connectivity index (χ2n) is 6.51. The van der Waals surface area contributed by atoms with Crippen molar-refractivity contribution in [3.8, 4) is 0 Å². The van der Waals surface area contributed by atoms with Crippen LogP contribution in [-0.4, -0.2) is 40.1 Å². The van der Waals surface area contributed by atoms with Gasteiger partial charge in [-0.1, -0.05) is 0 Å². The average Bonchev–Trinajstić information content (AvgIpc) is 3.14. The zero-order chi connectivity index (χ0) is 18.0. The maximum absolute atomic E-state index is 12.8. The Morgan fingerprint density at radius 3 is 2.96 bits per heavy atom. The van der Waals surface area contributed by atoms with E-state index in [1.807, 2.05) is 48.5 Å². The van der Waals surface area contributed by atoms with Crippen molar-refractivity contribution < 1.29 is 14.3 Å². The standard InChI is InChI=1S/C18H26N4O3/c1-12-10-15-16(18(23)19-11-14-6-5-7-21(14)3)20-22(8-9-24-4)17(15)13(2)25-12/h5-7,12-13H,8-11H2,1-4H3,(H,19,23)/t12-,13+/m1/s1. The van der Waals surface area contributed by atoms with Gasteiger partial charge < -0.3 is 19.4 Å². The molecular weight excluding hydrogens is 320 g/mol. The third-order valence-corrected chi connectivity index (χ3v) is 4.61. The number of aryl methyl sites for hydroxylation is 1. The molecule has 0 saturated heterocycles. The molecule has 136 valence electrons. The second-order valence-corrected chi connectivity index (χ2v) is 6.51. The van der Waals surface area contributed by atoms with Crippen LogP contribution in [0.15, 0.2) is 18.3 Å². The topological polar surface area (TPSA) is 70.3 Å². The Hall–Kier alpha value is -2.12. The Labute approximate surface area is 147 Å². The van der Waals surface area contributed by atoms with E-state index in [1.165, 1.54) is 0 Å². The first-order valence-electron chi connectivity index (χ1n) is 8.63. The first kappa shape index (κ1) is 17.7. The quantitative estimate of drug-likeness (QED) is 0.866. The Morgan fingerprint density at radius 2 is 2.28 bits per heavy atom. The van der Waals surface area contributed by atoms with Gasteiger partial charge in [0.05, 0.1) is 37.6 Å². The Morgan fingerprint density at radius 1 is 1.48 bits per heavy atom. The fraction of sp³-hybridized carbons (Fsp3) is 0.556. The third kappa shape index (κ3) is 3.62.